The predicted molar refractivity (Wildman–Crippen MR) is 57.0 cm³/mol. The van der Waals surface area contributed by atoms with Gasteiger partial charge in [0.2, 0.25) is 0 Å². The van der Waals surface area contributed by atoms with Crippen molar-refractivity contribution in [2.45, 2.75) is 25.4 Å². The molecule has 1 nitrogen and oxygen atoms in total. The van der Waals surface area contributed by atoms with Crippen LogP contribution in [0.15, 0.2) is 18.2 Å². The van der Waals surface area contributed by atoms with Crippen LogP contribution in [0.2, 0.25) is 0 Å². The minimum Gasteiger partial charge on any atom is -0.488 e. The van der Waals surface area contributed by atoms with Crippen molar-refractivity contribution in [1.82, 2.24) is 0 Å². The van der Waals surface area contributed by atoms with Gasteiger partial charge in [0.05, 0.1) is 6.10 Å². The second-order valence-electron chi connectivity index (χ2n) is 4.63. The van der Waals surface area contributed by atoms with Crippen LogP contribution in [-0.4, -0.2) is 14.0 Å². The van der Waals surface area contributed by atoms with Gasteiger partial charge in [0.1, 0.15) is 13.6 Å². The lowest BCUT2D eigenvalue weighted by Crippen LogP contribution is -2.20. The Kier molecular flexibility index (Phi) is 2.01. The number of hydrogen-bond acceptors (Lipinski definition) is 1. The molecule has 0 saturated heterocycles. The molecule has 0 aromatic heterocycles. The molecule has 0 bridgehead atoms. The molecule has 0 spiro atoms. The first-order valence-corrected chi connectivity index (χ1v) is 5.44. The fourth-order valence-corrected chi connectivity index (χ4v) is 2.57. The van der Waals surface area contributed by atoms with Crippen molar-refractivity contribution >= 4 is 13.3 Å². The van der Waals surface area contributed by atoms with E-state index in [1.807, 2.05) is 0 Å². The normalized spacial score (nSPS) is 32.5. The van der Waals surface area contributed by atoms with Crippen LogP contribution in [0, 0.1) is 17.7 Å². The number of halogens is 1. The number of hydrogen-bond donors (Lipinski definition) is 0. The molecule has 0 amide bonds. The van der Waals surface area contributed by atoms with Gasteiger partial charge in [-0.1, -0.05) is 17.6 Å². The van der Waals surface area contributed by atoms with E-state index in [1.54, 1.807) is 12.1 Å². The number of fused-ring (bicyclic) bond motifs is 1. The average Bonchev–Trinajstić information content (AvgIpc) is 2.81. The highest BCUT2D eigenvalue weighted by Gasteiger charge is 2.47. The SMILES string of the molecule is [B]c1cccc(F)c1OC1C[C@@H]2C[C@@H]2C1. The molecule has 2 radical (unpaired) electrons. The van der Waals surface area contributed by atoms with Gasteiger partial charge in [0.15, 0.2) is 5.82 Å². The van der Waals surface area contributed by atoms with Crippen molar-refractivity contribution < 1.29 is 9.13 Å². The van der Waals surface area contributed by atoms with Crippen LogP contribution in [-0.2, 0) is 0 Å². The summed E-state index contributed by atoms with van der Waals surface area (Å²) in [4.78, 5) is 0. The Bertz CT molecular complexity index is 363. The fraction of sp³-hybridized carbons (Fsp3) is 0.500. The number of ether oxygens (including phenoxy) is 1. The summed E-state index contributed by atoms with van der Waals surface area (Å²) in [6.45, 7) is 0. The first kappa shape index (κ1) is 9.26. The molecule has 1 aromatic rings. The number of benzene rings is 1. The molecule has 0 heterocycles. The zero-order chi connectivity index (χ0) is 10.4. The van der Waals surface area contributed by atoms with E-state index in [9.17, 15) is 4.39 Å². The minimum atomic E-state index is -0.351. The van der Waals surface area contributed by atoms with Crippen LogP contribution < -0.4 is 10.2 Å². The summed E-state index contributed by atoms with van der Waals surface area (Å²) in [5, 5.41) is 0. The summed E-state index contributed by atoms with van der Waals surface area (Å²) in [7, 11) is 5.68. The van der Waals surface area contributed by atoms with Crippen molar-refractivity contribution in [2.24, 2.45) is 11.8 Å². The zero-order valence-electron chi connectivity index (χ0n) is 8.45. The van der Waals surface area contributed by atoms with Gasteiger partial charge in [-0.05, 0) is 37.2 Å². The van der Waals surface area contributed by atoms with Gasteiger partial charge in [-0.25, -0.2) is 4.39 Å². The molecular formula is C12H12BFO. The summed E-state index contributed by atoms with van der Waals surface area (Å²) < 4.78 is 19.0. The third-order valence-corrected chi connectivity index (χ3v) is 3.48. The van der Waals surface area contributed by atoms with Gasteiger partial charge in [-0.15, -0.1) is 0 Å². The van der Waals surface area contributed by atoms with Crippen LogP contribution >= 0.6 is 0 Å². The van der Waals surface area contributed by atoms with Crippen molar-refractivity contribution in [3.63, 3.8) is 0 Å². The van der Waals surface area contributed by atoms with Gasteiger partial charge in [0.25, 0.3) is 0 Å². The van der Waals surface area contributed by atoms with Gasteiger partial charge in [-0.2, -0.15) is 0 Å². The standard InChI is InChI=1S/C12H12BFO/c13-10-2-1-3-11(14)12(10)15-9-5-7-4-8(7)6-9/h1-3,7-9H,4-6H2/t7-,8+,9?. The highest BCUT2D eigenvalue weighted by Crippen LogP contribution is 2.52. The number of rotatable bonds is 2. The van der Waals surface area contributed by atoms with Crippen molar-refractivity contribution in [1.29, 1.82) is 0 Å². The van der Waals surface area contributed by atoms with Crippen LogP contribution in [0.1, 0.15) is 19.3 Å². The molecule has 0 aliphatic heterocycles. The monoisotopic (exact) mass is 202 g/mol. The first-order valence-electron chi connectivity index (χ1n) is 5.44. The molecular weight excluding hydrogens is 190 g/mol. The van der Waals surface area contributed by atoms with Gasteiger partial charge < -0.3 is 4.74 Å². The molecule has 15 heavy (non-hydrogen) atoms. The van der Waals surface area contributed by atoms with E-state index in [1.165, 1.54) is 12.5 Å². The van der Waals surface area contributed by atoms with E-state index in [0.717, 1.165) is 24.7 Å². The van der Waals surface area contributed by atoms with E-state index in [2.05, 4.69) is 0 Å². The van der Waals surface area contributed by atoms with Crippen LogP contribution in [0.3, 0.4) is 0 Å². The summed E-state index contributed by atoms with van der Waals surface area (Å²) >= 11 is 0. The van der Waals surface area contributed by atoms with Gasteiger partial charge in [-0.3, -0.25) is 0 Å². The largest absolute Gasteiger partial charge is 0.488 e. The summed E-state index contributed by atoms with van der Waals surface area (Å²) in [6.07, 6.45) is 3.65. The smallest absolute Gasteiger partial charge is 0.164 e. The molecule has 2 aliphatic carbocycles. The Morgan fingerprint density at radius 1 is 1.20 bits per heavy atom. The molecule has 76 valence electrons. The van der Waals surface area contributed by atoms with E-state index in [0.29, 0.717) is 5.46 Å². The highest BCUT2D eigenvalue weighted by molar-refractivity contribution is 6.34. The molecule has 1 unspecified atom stereocenters. The van der Waals surface area contributed by atoms with E-state index in [4.69, 9.17) is 12.6 Å². The molecule has 3 rings (SSSR count). The zero-order valence-corrected chi connectivity index (χ0v) is 8.45. The van der Waals surface area contributed by atoms with Gasteiger partial charge >= 0.3 is 0 Å². The van der Waals surface area contributed by atoms with Crippen molar-refractivity contribution in [2.75, 3.05) is 0 Å². The van der Waals surface area contributed by atoms with E-state index in [-0.39, 0.29) is 17.7 Å². The fourth-order valence-electron chi connectivity index (χ4n) is 2.57. The lowest BCUT2D eigenvalue weighted by molar-refractivity contribution is 0.188. The maximum Gasteiger partial charge on any atom is 0.164 e. The second-order valence-corrected chi connectivity index (χ2v) is 4.63. The molecule has 3 atom stereocenters. The van der Waals surface area contributed by atoms with Crippen LogP contribution in [0.4, 0.5) is 4.39 Å². The predicted octanol–water partition coefficient (Wildman–Crippen LogP) is 1.80. The quantitative estimate of drug-likeness (QED) is 0.664. The molecule has 2 aliphatic rings. The summed E-state index contributed by atoms with van der Waals surface area (Å²) in [5.41, 5.74) is 0.399. The Balaban J connectivity index is 1.76. The molecule has 2 fully saturated rings. The third-order valence-electron chi connectivity index (χ3n) is 3.48. The van der Waals surface area contributed by atoms with Crippen molar-refractivity contribution in [3.05, 3.63) is 24.0 Å². The van der Waals surface area contributed by atoms with Crippen molar-refractivity contribution in [3.8, 4) is 5.75 Å². The van der Waals surface area contributed by atoms with Crippen LogP contribution in [0.25, 0.3) is 0 Å². The van der Waals surface area contributed by atoms with Crippen LogP contribution in [0.5, 0.6) is 5.75 Å². The van der Waals surface area contributed by atoms with E-state index >= 15 is 0 Å². The Labute approximate surface area is 90.0 Å². The lowest BCUT2D eigenvalue weighted by atomic mass is 9.95. The second kappa shape index (κ2) is 3.26. The maximum atomic E-state index is 13.4. The third kappa shape index (κ3) is 1.64. The summed E-state index contributed by atoms with van der Waals surface area (Å²) in [5.74, 6) is 1.56. The summed E-state index contributed by atoms with van der Waals surface area (Å²) in [6, 6.07) is 4.67. The lowest BCUT2D eigenvalue weighted by Gasteiger charge is -2.17. The highest BCUT2D eigenvalue weighted by atomic mass is 19.1. The van der Waals surface area contributed by atoms with Gasteiger partial charge in [0, 0.05) is 0 Å². The van der Waals surface area contributed by atoms with E-state index < -0.39 is 0 Å². The Morgan fingerprint density at radius 3 is 2.60 bits per heavy atom. The molecule has 0 N–H and O–H groups in total. The maximum absolute atomic E-state index is 13.4. The Morgan fingerprint density at radius 2 is 1.93 bits per heavy atom. The molecule has 2 saturated carbocycles. The average molecular weight is 202 g/mol. The molecule has 3 heteroatoms. The Hall–Kier alpha value is -0.985. The topological polar surface area (TPSA) is 9.23 Å². The first-order chi connectivity index (χ1) is 7.24. The minimum absolute atomic E-state index is 0.174. The molecule has 1 aromatic carbocycles. The number of para-hydroxylation sites is 1.